The molecule has 0 fully saturated rings. The number of aryl methyl sites for hydroxylation is 1. The first kappa shape index (κ1) is 20.7. The maximum absolute atomic E-state index is 13.0. The zero-order valence-corrected chi connectivity index (χ0v) is 18.2. The maximum Gasteiger partial charge on any atom is 0.258 e. The molecule has 4 aromatic rings. The van der Waals surface area contributed by atoms with Gasteiger partial charge in [0.05, 0.1) is 12.1 Å². The molecular formula is C27H23N3O3. The van der Waals surface area contributed by atoms with Gasteiger partial charge in [-0.15, -0.1) is 0 Å². The number of anilines is 2. The van der Waals surface area contributed by atoms with Crippen molar-refractivity contribution in [3.8, 4) is 11.5 Å². The first-order valence-corrected chi connectivity index (χ1v) is 10.9. The third kappa shape index (κ3) is 4.28. The van der Waals surface area contributed by atoms with Crippen LogP contribution in [0.2, 0.25) is 0 Å². The molecule has 0 unspecified atom stereocenters. The molecular weight excluding hydrogens is 414 g/mol. The third-order valence-electron chi connectivity index (χ3n) is 5.79. The molecule has 6 nitrogen and oxygen atoms in total. The summed E-state index contributed by atoms with van der Waals surface area (Å²) < 4.78 is 5.73. The number of nitrogens with zero attached hydrogens (tertiary/aromatic N) is 2. The van der Waals surface area contributed by atoms with Gasteiger partial charge in [-0.3, -0.25) is 9.59 Å². The molecule has 1 aromatic heterocycles. The van der Waals surface area contributed by atoms with Crippen molar-refractivity contribution in [2.24, 2.45) is 0 Å². The molecule has 0 radical (unpaired) electrons. The molecule has 0 aliphatic carbocycles. The number of carbonyl (C=O) groups is 2. The highest BCUT2D eigenvalue weighted by Gasteiger charge is 2.25. The van der Waals surface area contributed by atoms with Gasteiger partial charge in [-0.05, 0) is 61.4 Å². The van der Waals surface area contributed by atoms with Gasteiger partial charge in [-0.25, -0.2) is 4.98 Å². The van der Waals surface area contributed by atoms with E-state index in [2.05, 4.69) is 16.4 Å². The standard InChI is InChI=1S/C27H23N3O3/c1-18-23(29-26(33-18)20-8-3-2-4-9-20)17-25(31)28-22-13-11-21(12-14-22)27(32)30-16-15-19-7-5-6-10-24(19)30/h2-14H,15-17H2,1H3,(H,28,31). The van der Waals surface area contributed by atoms with E-state index in [1.807, 2.05) is 48.5 Å². The smallest absolute Gasteiger partial charge is 0.258 e. The van der Waals surface area contributed by atoms with Crippen LogP contribution >= 0.6 is 0 Å². The van der Waals surface area contributed by atoms with Gasteiger partial charge in [0.25, 0.3) is 5.91 Å². The largest absolute Gasteiger partial charge is 0.441 e. The molecule has 0 saturated carbocycles. The Morgan fingerprint density at radius 3 is 2.48 bits per heavy atom. The lowest BCUT2D eigenvalue weighted by Gasteiger charge is -2.17. The average molecular weight is 437 g/mol. The number of fused-ring (bicyclic) bond motifs is 1. The Bertz CT molecular complexity index is 1310. The first-order valence-electron chi connectivity index (χ1n) is 10.9. The lowest BCUT2D eigenvalue weighted by atomic mass is 10.1. The van der Waals surface area contributed by atoms with Crippen LogP contribution in [0.4, 0.5) is 11.4 Å². The van der Waals surface area contributed by atoms with Crippen LogP contribution in [0.25, 0.3) is 11.5 Å². The van der Waals surface area contributed by atoms with E-state index in [9.17, 15) is 9.59 Å². The SMILES string of the molecule is Cc1oc(-c2ccccc2)nc1CC(=O)Nc1ccc(C(=O)N2CCc3ccccc32)cc1. The second-order valence-corrected chi connectivity index (χ2v) is 8.03. The summed E-state index contributed by atoms with van der Waals surface area (Å²) in [6.07, 6.45) is 0.969. The molecule has 5 rings (SSSR count). The molecule has 0 atom stereocenters. The predicted molar refractivity (Wildman–Crippen MR) is 127 cm³/mol. The van der Waals surface area contributed by atoms with Crippen LogP contribution in [0.3, 0.4) is 0 Å². The number of benzene rings is 3. The van der Waals surface area contributed by atoms with Gasteiger partial charge in [0.1, 0.15) is 5.76 Å². The van der Waals surface area contributed by atoms with E-state index in [1.54, 1.807) is 36.1 Å². The van der Waals surface area contributed by atoms with Crippen molar-refractivity contribution in [1.82, 2.24) is 4.98 Å². The molecule has 0 spiro atoms. The van der Waals surface area contributed by atoms with Gasteiger partial charge in [0.15, 0.2) is 0 Å². The van der Waals surface area contributed by atoms with Gasteiger partial charge < -0.3 is 14.6 Å². The lowest BCUT2D eigenvalue weighted by molar-refractivity contribution is -0.115. The van der Waals surface area contributed by atoms with Crippen molar-refractivity contribution in [1.29, 1.82) is 0 Å². The van der Waals surface area contributed by atoms with Gasteiger partial charge in [0, 0.05) is 29.0 Å². The highest BCUT2D eigenvalue weighted by Crippen LogP contribution is 2.29. The normalized spacial score (nSPS) is 12.5. The summed E-state index contributed by atoms with van der Waals surface area (Å²) in [5, 5.41) is 2.87. The third-order valence-corrected chi connectivity index (χ3v) is 5.79. The van der Waals surface area contributed by atoms with Crippen LogP contribution in [-0.2, 0) is 17.6 Å². The minimum atomic E-state index is -0.196. The number of rotatable bonds is 5. The first-order chi connectivity index (χ1) is 16.1. The van der Waals surface area contributed by atoms with Crippen molar-refractivity contribution in [2.45, 2.75) is 19.8 Å². The second-order valence-electron chi connectivity index (χ2n) is 8.03. The molecule has 164 valence electrons. The number of hydrogen-bond donors (Lipinski definition) is 1. The van der Waals surface area contributed by atoms with Gasteiger partial charge in [0.2, 0.25) is 11.8 Å². The zero-order chi connectivity index (χ0) is 22.8. The summed E-state index contributed by atoms with van der Waals surface area (Å²) in [5.74, 6) is 0.890. The molecule has 1 aliphatic heterocycles. The van der Waals surface area contributed by atoms with Crippen LogP contribution < -0.4 is 10.2 Å². The highest BCUT2D eigenvalue weighted by atomic mass is 16.4. The van der Waals surface area contributed by atoms with E-state index in [-0.39, 0.29) is 18.2 Å². The molecule has 6 heteroatoms. The number of para-hydroxylation sites is 1. The van der Waals surface area contributed by atoms with Crippen LogP contribution in [-0.4, -0.2) is 23.3 Å². The maximum atomic E-state index is 13.0. The van der Waals surface area contributed by atoms with Crippen LogP contribution in [0.5, 0.6) is 0 Å². The summed E-state index contributed by atoms with van der Waals surface area (Å²) in [7, 11) is 0. The predicted octanol–water partition coefficient (Wildman–Crippen LogP) is 5.03. The minimum absolute atomic E-state index is 0.0375. The Labute approximate surface area is 191 Å². The Kier molecular flexibility index (Phi) is 5.48. The zero-order valence-electron chi connectivity index (χ0n) is 18.2. The van der Waals surface area contributed by atoms with E-state index in [1.165, 1.54) is 5.56 Å². The van der Waals surface area contributed by atoms with Crippen LogP contribution in [0, 0.1) is 6.92 Å². The van der Waals surface area contributed by atoms with E-state index in [4.69, 9.17) is 4.42 Å². The van der Waals surface area contributed by atoms with Gasteiger partial charge in [-0.1, -0.05) is 36.4 Å². The highest BCUT2D eigenvalue weighted by molar-refractivity contribution is 6.07. The van der Waals surface area contributed by atoms with Crippen LogP contribution in [0.15, 0.2) is 83.3 Å². The second kappa shape index (κ2) is 8.74. The fraction of sp³-hybridized carbons (Fsp3) is 0.148. The number of nitrogens with one attached hydrogen (secondary N) is 1. The molecule has 1 aliphatic rings. The molecule has 33 heavy (non-hydrogen) atoms. The monoisotopic (exact) mass is 437 g/mol. The number of oxazole rings is 1. The topological polar surface area (TPSA) is 75.4 Å². The number of carbonyl (C=O) groups excluding carboxylic acids is 2. The van der Waals surface area contributed by atoms with Crippen molar-refractivity contribution in [2.75, 3.05) is 16.8 Å². The molecule has 0 saturated heterocycles. The molecule has 0 bridgehead atoms. The molecule has 3 aromatic carbocycles. The molecule has 2 heterocycles. The fourth-order valence-corrected chi connectivity index (χ4v) is 4.05. The van der Waals surface area contributed by atoms with Gasteiger partial charge in [-0.2, -0.15) is 0 Å². The van der Waals surface area contributed by atoms with Gasteiger partial charge >= 0.3 is 0 Å². The van der Waals surface area contributed by atoms with Crippen molar-refractivity contribution < 1.29 is 14.0 Å². The van der Waals surface area contributed by atoms with E-state index in [0.29, 0.717) is 35.1 Å². The molecule has 2 amide bonds. The number of hydrogen-bond acceptors (Lipinski definition) is 4. The van der Waals surface area contributed by atoms with E-state index in [0.717, 1.165) is 17.7 Å². The average Bonchev–Trinajstić information content (AvgIpc) is 3.43. The Balaban J connectivity index is 1.23. The summed E-state index contributed by atoms with van der Waals surface area (Å²) >= 11 is 0. The summed E-state index contributed by atoms with van der Waals surface area (Å²) in [5.41, 5.74) is 4.84. The van der Waals surface area contributed by atoms with Crippen LogP contribution in [0.1, 0.15) is 27.4 Å². The summed E-state index contributed by atoms with van der Waals surface area (Å²) in [6, 6.07) is 24.5. The van der Waals surface area contributed by atoms with Crippen molar-refractivity contribution >= 4 is 23.2 Å². The minimum Gasteiger partial charge on any atom is -0.441 e. The number of amides is 2. The van der Waals surface area contributed by atoms with Crippen molar-refractivity contribution in [3.05, 3.63) is 101 Å². The lowest BCUT2D eigenvalue weighted by Crippen LogP contribution is -2.28. The molecule has 1 N–H and O–H groups in total. The Morgan fingerprint density at radius 1 is 0.970 bits per heavy atom. The Morgan fingerprint density at radius 2 is 1.70 bits per heavy atom. The summed E-state index contributed by atoms with van der Waals surface area (Å²) in [6.45, 7) is 2.48. The van der Waals surface area contributed by atoms with E-state index >= 15 is 0 Å². The fourth-order valence-electron chi connectivity index (χ4n) is 4.05. The quantitative estimate of drug-likeness (QED) is 0.475. The van der Waals surface area contributed by atoms with E-state index < -0.39 is 0 Å². The Hall–Kier alpha value is -4.19. The summed E-state index contributed by atoms with van der Waals surface area (Å²) in [4.78, 5) is 31.8. The van der Waals surface area contributed by atoms with Crippen molar-refractivity contribution in [3.63, 3.8) is 0 Å². The number of aromatic nitrogens is 1.